The molecule has 0 unspecified atom stereocenters. The van der Waals surface area contributed by atoms with E-state index >= 15 is 0 Å². The molecule has 3 aromatic rings. The Balaban J connectivity index is 1.35. The SMILES string of the molecule is CC1(C)Cc2cccc(OCC(=O)N3CCn4c3nc3ccccc34)c2O1. The highest BCUT2D eigenvalue weighted by Crippen LogP contribution is 2.41. The number of hydrogen-bond acceptors (Lipinski definition) is 4. The molecule has 0 saturated heterocycles. The molecule has 0 spiro atoms. The minimum Gasteiger partial charge on any atom is -0.483 e. The van der Waals surface area contributed by atoms with E-state index in [1.54, 1.807) is 4.90 Å². The van der Waals surface area contributed by atoms with Gasteiger partial charge in [0.15, 0.2) is 18.1 Å². The second-order valence-corrected chi connectivity index (χ2v) is 7.67. The van der Waals surface area contributed by atoms with Crippen LogP contribution in [0, 0.1) is 0 Å². The van der Waals surface area contributed by atoms with Crippen molar-refractivity contribution in [1.82, 2.24) is 9.55 Å². The van der Waals surface area contributed by atoms with E-state index in [1.807, 2.05) is 42.5 Å². The Bertz CT molecular complexity index is 1050. The van der Waals surface area contributed by atoms with Gasteiger partial charge in [0.1, 0.15) is 5.60 Å². The van der Waals surface area contributed by atoms with E-state index in [-0.39, 0.29) is 18.1 Å². The van der Waals surface area contributed by atoms with Crippen molar-refractivity contribution >= 4 is 22.9 Å². The normalized spacial score (nSPS) is 16.9. The number of ether oxygens (including phenoxy) is 2. The minimum absolute atomic E-state index is 0.0382. The summed E-state index contributed by atoms with van der Waals surface area (Å²) in [6, 6.07) is 13.8. The monoisotopic (exact) mass is 363 g/mol. The number of rotatable bonds is 3. The van der Waals surface area contributed by atoms with Gasteiger partial charge in [0.25, 0.3) is 5.91 Å². The molecule has 0 atom stereocenters. The van der Waals surface area contributed by atoms with E-state index in [4.69, 9.17) is 9.47 Å². The lowest BCUT2D eigenvalue weighted by Gasteiger charge is -2.19. The zero-order valence-electron chi connectivity index (χ0n) is 15.4. The lowest BCUT2D eigenvalue weighted by molar-refractivity contribution is -0.120. The topological polar surface area (TPSA) is 56.6 Å². The zero-order chi connectivity index (χ0) is 18.6. The predicted molar refractivity (Wildman–Crippen MR) is 102 cm³/mol. The molecule has 0 fully saturated rings. The number of amides is 1. The number of aromatic nitrogens is 2. The number of carbonyl (C=O) groups is 1. The molecule has 2 aliphatic rings. The average Bonchev–Trinajstić information content (AvgIpc) is 3.29. The van der Waals surface area contributed by atoms with Gasteiger partial charge < -0.3 is 14.0 Å². The number of para-hydroxylation sites is 3. The summed E-state index contributed by atoms with van der Waals surface area (Å²) >= 11 is 0. The summed E-state index contributed by atoms with van der Waals surface area (Å²) in [5.41, 5.74) is 2.83. The van der Waals surface area contributed by atoms with Gasteiger partial charge in [0, 0.05) is 25.1 Å². The highest BCUT2D eigenvalue weighted by Gasteiger charge is 2.33. The van der Waals surface area contributed by atoms with Crippen molar-refractivity contribution in [2.75, 3.05) is 18.1 Å². The molecule has 0 radical (unpaired) electrons. The summed E-state index contributed by atoms with van der Waals surface area (Å²) in [4.78, 5) is 19.1. The third kappa shape index (κ3) is 2.63. The molecule has 0 saturated carbocycles. The summed E-state index contributed by atoms with van der Waals surface area (Å²) in [5, 5.41) is 0. The van der Waals surface area contributed by atoms with Crippen LogP contribution in [0.15, 0.2) is 42.5 Å². The first-order valence-electron chi connectivity index (χ1n) is 9.21. The van der Waals surface area contributed by atoms with Gasteiger partial charge in [-0.05, 0) is 32.0 Å². The molecule has 3 heterocycles. The summed E-state index contributed by atoms with van der Waals surface area (Å²) < 4.78 is 13.9. The molecule has 0 bridgehead atoms. The smallest absolute Gasteiger partial charge is 0.267 e. The fraction of sp³-hybridized carbons (Fsp3) is 0.333. The van der Waals surface area contributed by atoms with Crippen LogP contribution in [0.4, 0.5) is 5.95 Å². The molecule has 0 aliphatic carbocycles. The second kappa shape index (κ2) is 5.74. The minimum atomic E-state index is -0.244. The van der Waals surface area contributed by atoms with Gasteiger partial charge in [-0.2, -0.15) is 0 Å². The predicted octanol–water partition coefficient (Wildman–Crippen LogP) is 3.18. The van der Waals surface area contributed by atoms with E-state index in [0.717, 1.165) is 35.3 Å². The molecule has 1 aromatic heterocycles. The molecular formula is C21H21N3O3. The summed E-state index contributed by atoms with van der Waals surface area (Å²) in [5.74, 6) is 1.97. The summed E-state index contributed by atoms with van der Waals surface area (Å²) in [6.07, 6.45) is 0.837. The van der Waals surface area contributed by atoms with E-state index in [1.165, 1.54) is 0 Å². The quantitative estimate of drug-likeness (QED) is 0.717. The third-order valence-corrected chi connectivity index (χ3v) is 5.13. The third-order valence-electron chi connectivity index (χ3n) is 5.13. The number of nitrogens with zero attached hydrogens (tertiary/aromatic N) is 3. The molecule has 5 rings (SSSR count). The Morgan fingerprint density at radius 3 is 2.93 bits per heavy atom. The van der Waals surface area contributed by atoms with Gasteiger partial charge >= 0.3 is 0 Å². The maximum Gasteiger partial charge on any atom is 0.267 e. The number of imidazole rings is 1. The maximum atomic E-state index is 12.8. The van der Waals surface area contributed by atoms with Gasteiger partial charge in [-0.1, -0.05) is 24.3 Å². The fourth-order valence-electron chi connectivity index (χ4n) is 3.94. The Kier molecular flexibility index (Phi) is 3.44. The molecule has 6 nitrogen and oxygen atoms in total. The Hall–Kier alpha value is -3.02. The zero-order valence-corrected chi connectivity index (χ0v) is 15.4. The van der Waals surface area contributed by atoms with E-state index in [2.05, 4.69) is 23.4 Å². The Labute approximate surface area is 157 Å². The van der Waals surface area contributed by atoms with Crippen molar-refractivity contribution in [3.8, 4) is 11.5 Å². The molecule has 1 amide bonds. The number of hydrogen-bond donors (Lipinski definition) is 0. The lowest BCUT2D eigenvalue weighted by atomic mass is 10.0. The van der Waals surface area contributed by atoms with Crippen LogP contribution in [0.25, 0.3) is 11.0 Å². The van der Waals surface area contributed by atoms with Crippen LogP contribution in [0.1, 0.15) is 19.4 Å². The van der Waals surface area contributed by atoms with Crippen molar-refractivity contribution in [2.24, 2.45) is 0 Å². The second-order valence-electron chi connectivity index (χ2n) is 7.67. The maximum absolute atomic E-state index is 12.8. The number of anilines is 1. The van der Waals surface area contributed by atoms with Crippen LogP contribution in [-0.4, -0.2) is 34.2 Å². The van der Waals surface area contributed by atoms with Crippen LogP contribution in [0.5, 0.6) is 11.5 Å². The van der Waals surface area contributed by atoms with E-state index < -0.39 is 0 Å². The Morgan fingerprint density at radius 2 is 2.04 bits per heavy atom. The van der Waals surface area contributed by atoms with E-state index in [9.17, 15) is 4.79 Å². The van der Waals surface area contributed by atoms with Crippen LogP contribution < -0.4 is 14.4 Å². The van der Waals surface area contributed by atoms with Crippen LogP contribution in [0.2, 0.25) is 0 Å². The molecule has 2 aliphatic heterocycles. The molecule has 2 aromatic carbocycles. The van der Waals surface area contributed by atoms with Gasteiger partial charge in [0.05, 0.1) is 11.0 Å². The number of fused-ring (bicyclic) bond motifs is 4. The molecule has 6 heteroatoms. The highest BCUT2D eigenvalue weighted by molar-refractivity contribution is 5.95. The van der Waals surface area contributed by atoms with Crippen LogP contribution in [-0.2, 0) is 17.8 Å². The molecule has 138 valence electrons. The first-order valence-corrected chi connectivity index (χ1v) is 9.21. The van der Waals surface area contributed by atoms with Gasteiger partial charge in [-0.25, -0.2) is 4.98 Å². The van der Waals surface area contributed by atoms with Gasteiger partial charge in [-0.3, -0.25) is 9.69 Å². The number of benzene rings is 2. The van der Waals surface area contributed by atoms with Crippen molar-refractivity contribution in [1.29, 1.82) is 0 Å². The van der Waals surface area contributed by atoms with Crippen LogP contribution >= 0.6 is 0 Å². The highest BCUT2D eigenvalue weighted by atomic mass is 16.5. The number of carbonyl (C=O) groups excluding carboxylic acids is 1. The van der Waals surface area contributed by atoms with Gasteiger partial charge in [0.2, 0.25) is 5.95 Å². The van der Waals surface area contributed by atoms with Crippen molar-refractivity contribution < 1.29 is 14.3 Å². The average molecular weight is 363 g/mol. The van der Waals surface area contributed by atoms with Gasteiger partial charge in [-0.15, -0.1) is 0 Å². The largest absolute Gasteiger partial charge is 0.483 e. The molecular weight excluding hydrogens is 342 g/mol. The summed E-state index contributed by atoms with van der Waals surface area (Å²) in [7, 11) is 0. The molecule has 0 N–H and O–H groups in total. The standard InChI is InChI=1S/C21H21N3O3/c1-21(2)12-14-6-5-9-17(19(14)27-21)26-13-18(25)24-11-10-23-16-8-4-3-7-15(16)22-20(23)24/h3-9H,10-13H2,1-2H3. The first kappa shape index (κ1) is 16.2. The van der Waals surface area contributed by atoms with Crippen molar-refractivity contribution in [2.45, 2.75) is 32.4 Å². The summed E-state index contributed by atoms with van der Waals surface area (Å²) in [6.45, 7) is 5.43. The van der Waals surface area contributed by atoms with E-state index in [0.29, 0.717) is 18.2 Å². The lowest BCUT2D eigenvalue weighted by Crippen LogP contribution is -2.33. The van der Waals surface area contributed by atoms with Crippen molar-refractivity contribution in [3.05, 3.63) is 48.0 Å². The Morgan fingerprint density at radius 1 is 1.19 bits per heavy atom. The van der Waals surface area contributed by atoms with Crippen LogP contribution in [0.3, 0.4) is 0 Å². The first-order chi connectivity index (χ1) is 13.0. The fourth-order valence-corrected chi connectivity index (χ4v) is 3.94. The van der Waals surface area contributed by atoms with Crippen molar-refractivity contribution in [3.63, 3.8) is 0 Å². The molecule has 27 heavy (non-hydrogen) atoms.